The van der Waals surface area contributed by atoms with Gasteiger partial charge in [-0.05, 0) is 49.6 Å². The van der Waals surface area contributed by atoms with Crippen molar-refractivity contribution in [3.63, 3.8) is 0 Å². The number of fused-ring (bicyclic) bond motifs is 1. The molecule has 0 aliphatic carbocycles. The van der Waals surface area contributed by atoms with Gasteiger partial charge in [-0.1, -0.05) is 29.8 Å². The standard InChI is InChI=1S/C18H21NO/c1-12-4-6-14(3)15(8-12)10-16-11-19-17-7-5-13(2)9-18(17)20-16/h4-9,16,19H,10-11H2,1-3H3. The lowest BCUT2D eigenvalue weighted by atomic mass is 9.99. The molecule has 0 radical (unpaired) electrons. The van der Waals surface area contributed by atoms with Crippen LogP contribution in [0.4, 0.5) is 5.69 Å². The van der Waals surface area contributed by atoms with Crippen molar-refractivity contribution >= 4 is 5.69 Å². The number of hydrogen-bond acceptors (Lipinski definition) is 2. The molecule has 1 N–H and O–H groups in total. The molecule has 0 amide bonds. The van der Waals surface area contributed by atoms with Crippen LogP contribution in [0.25, 0.3) is 0 Å². The minimum absolute atomic E-state index is 0.199. The molecule has 104 valence electrons. The maximum atomic E-state index is 6.15. The Labute approximate surface area is 120 Å². The van der Waals surface area contributed by atoms with Crippen molar-refractivity contribution in [2.45, 2.75) is 33.3 Å². The van der Waals surface area contributed by atoms with E-state index >= 15 is 0 Å². The van der Waals surface area contributed by atoms with Gasteiger partial charge < -0.3 is 10.1 Å². The second-order valence-electron chi connectivity index (χ2n) is 5.75. The number of benzene rings is 2. The van der Waals surface area contributed by atoms with Gasteiger partial charge in [0.2, 0.25) is 0 Å². The van der Waals surface area contributed by atoms with Gasteiger partial charge in [-0.3, -0.25) is 0 Å². The summed E-state index contributed by atoms with van der Waals surface area (Å²) in [5.41, 5.74) is 6.37. The first-order valence-electron chi connectivity index (χ1n) is 7.19. The fourth-order valence-electron chi connectivity index (χ4n) is 2.70. The predicted octanol–water partition coefficient (Wildman–Crippen LogP) is 4.03. The van der Waals surface area contributed by atoms with Gasteiger partial charge in [0.05, 0.1) is 12.2 Å². The third-order valence-electron chi connectivity index (χ3n) is 3.90. The molecule has 2 aromatic carbocycles. The molecular weight excluding hydrogens is 246 g/mol. The Morgan fingerprint density at radius 2 is 1.80 bits per heavy atom. The highest BCUT2D eigenvalue weighted by Gasteiger charge is 2.20. The molecule has 0 saturated carbocycles. The molecule has 3 rings (SSSR count). The normalized spacial score (nSPS) is 17.1. The second kappa shape index (κ2) is 5.20. The number of ether oxygens (including phenoxy) is 1. The molecule has 0 bridgehead atoms. The fourth-order valence-corrected chi connectivity index (χ4v) is 2.70. The first kappa shape index (κ1) is 13.0. The average molecular weight is 267 g/mol. The highest BCUT2D eigenvalue weighted by atomic mass is 16.5. The Balaban J connectivity index is 1.78. The zero-order chi connectivity index (χ0) is 14.1. The first-order chi connectivity index (χ1) is 9.61. The molecule has 2 heteroatoms. The minimum atomic E-state index is 0.199. The van der Waals surface area contributed by atoms with Gasteiger partial charge in [-0.15, -0.1) is 0 Å². The van der Waals surface area contributed by atoms with Crippen LogP contribution in [0.15, 0.2) is 36.4 Å². The minimum Gasteiger partial charge on any atom is -0.486 e. The molecule has 1 aliphatic heterocycles. The van der Waals surface area contributed by atoms with Gasteiger partial charge in [0.1, 0.15) is 11.9 Å². The molecule has 1 unspecified atom stereocenters. The van der Waals surface area contributed by atoms with E-state index in [-0.39, 0.29) is 6.10 Å². The molecule has 0 spiro atoms. The lowest BCUT2D eigenvalue weighted by molar-refractivity contribution is 0.206. The van der Waals surface area contributed by atoms with E-state index in [1.54, 1.807) is 0 Å². The summed E-state index contributed by atoms with van der Waals surface area (Å²) in [5, 5.41) is 3.47. The van der Waals surface area contributed by atoms with Crippen molar-refractivity contribution in [3.8, 4) is 5.75 Å². The van der Waals surface area contributed by atoms with E-state index in [9.17, 15) is 0 Å². The van der Waals surface area contributed by atoms with Crippen LogP contribution in [0.5, 0.6) is 5.75 Å². The largest absolute Gasteiger partial charge is 0.486 e. The van der Waals surface area contributed by atoms with Crippen LogP contribution in [0.3, 0.4) is 0 Å². The van der Waals surface area contributed by atoms with Crippen molar-refractivity contribution in [2.24, 2.45) is 0 Å². The van der Waals surface area contributed by atoms with E-state index in [4.69, 9.17) is 4.74 Å². The zero-order valence-electron chi connectivity index (χ0n) is 12.4. The maximum absolute atomic E-state index is 6.15. The molecule has 1 aliphatic rings. The molecule has 0 saturated heterocycles. The van der Waals surface area contributed by atoms with E-state index < -0.39 is 0 Å². The SMILES string of the molecule is Cc1ccc(C)c(CC2CNc3ccc(C)cc3O2)c1. The van der Waals surface area contributed by atoms with Gasteiger partial charge >= 0.3 is 0 Å². The lowest BCUT2D eigenvalue weighted by Crippen LogP contribution is -2.32. The molecule has 0 aromatic heterocycles. The van der Waals surface area contributed by atoms with E-state index in [2.05, 4.69) is 62.5 Å². The lowest BCUT2D eigenvalue weighted by Gasteiger charge is -2.28. The number of aryl methyl sites for hydroxylation is 3. The van der Waals surface area contributed by atoms with Crippen molar-refractivity contribution < 1.29 is 4.74 Å². The third kappa shape index (κ3) is 2.64. The van der Waals surface area contributed by atoms with Crippen LogP contribution in [0.1, 0.15) is 22.3 Å². The van der Waals surface area contributed by atoms with Crippen LogP contribution in [-0.2, 0) is 6.42 Å². The van der Waals surface area contributed by atoms with E-state index in [0.29, 0.717) is 0 Å². The molecule has 1 atom stereocenters. The van der Waals surface area contributed by atoms with E-state index in [1.165, 1.54) is 22.3 Å². The number of anilines is 1. The van der Waals surface area contributed by atoms with Gasteiger partial charge in [0.15, 0.2) is 0 Å². The summed E-state index contributed by atoms with van der Waals surface area (Å²) in [7, 11) is 0. The Kier molecular flexibility index (Phi) is 3.39. The predicted molar refractivity (Wildman–Crippen MR) is 83.7 cm³/mol. The number of rotatable bonds is 2. The molecule has 20 heavy (non-hydrogen) atoms. The topological polar surface area (TPSA) is 21.3 Å². The van der Waals surface area contributed by atoms with Crippen LogP contribution >= 0.6 is 0 Å². The van der Waals surface area contributed by atoms with E-state index in [1.807, 2.05) is 0 Å². The third-order valence-corrected chi connectivity index (χ3v) is 3.90. The number of nitrogens with one attached hydrogen (secondary N) is 1. The molecule has 1 heterocycles. The highest BCUT2D eigenvalue weighted by molar-refractivity contribution is 5.59. The van der Waals surface area contributed by atoms with Crippen LogP contribution in [0.2, 0.25) is 0 Å². The summed E-state index contributed by atoms with van der Waals surface area (Å²) in [6.45, 7) is 7.27. The molecule has 2 nitrogen and oxygen atoms in total. The van der Waals surface area contributed by atoms with Crippen molar-refractivity contribution in [3.05, 3.63) is 58.7 Å². The first-order valence-corrected chi connectivity index (χ1v) is 7.19. The summed E-state index contributed by atoms with van der Waals surface area (Å²) in [5.74, 6) is 0.978. The van der Waals surface area contributed by atoms with Crippen molar-refractivity contribution in [2.75, 3.05) is 11.9 Å². The molecular formula is C18H21NO. The van der Waals surface area contributed by atoms with Crippen LogP contribution in [-0.4, -0.2) is 12.6 Å². The summed E-state index contributed by atoms with van der Waals surface area (Å²) in [6, 6.07) is 12.9. The summed E-state index contributed by atoms with van der Waals surface area (Å²) in [4.78, 5) is 0. The Hall–Kier alpha value is -1.96. The van der Waals surface area contributed by atoms with Crippen molar-refractivity contribution in [1.29, 1.82) is 0 Å². The van der Waals surface area contributed by atoms with Gasteiger partial charge in [-0.25, -0.2) is 0 Å². The second-order valence-corrected chi connectivity index (χ2v) is 5.75. The molecule has 2 aromatic rings. The van der Waals surface area contributed by atoms with Gasteiger partial charge in [-0.2, -0.15) is 0 Å². The van der Waals surface area contributed by atoms with Gasteiger partial charge in [0, 0.05) is 6.42 Å². The van der Waals surface area contributed by atoms with Crippen LogP contribution in [0, 0.1) is 20.8 Å². The maximum Gasteiger partial charge on any atom is 0.143 e. The quantitative estimate of drug-likeness (QED) is 0.887. The Bertz CT molecular complexity index is 633. The Morgan fingerprint density at radius 3 is 2.65 bits per heavy atom. The monoisotopic (exact) mass is 267 g/mol. The summed E-state index contributed by atoms with van der Waals surface area (Å²) < 4.78 is 6.15. The van der Waals surface area contributed by atoms with Crippen molar-refractivity contribution in [1.82, 2.24) is 0 Å². The summed E-state index contributed by atoms with van der Waals surface area (Å²) in [6.07, 6.45) is 1.15. The average Bonchev–Trinajstić information content (AvgIpc) is 2.42. The smallest absolute Gasteiger partial charge is 0.143 e. The van der Waals surface area contributed by atoms with Gasteiger partial charge in [0.25, 0.3) is 0 Å². The van der Waals surface area contributed by atoms with Crippen LogP contribution < -0.4 is 10.1 Å². The highest BCUT2D eigenvalue weighted by Crippen LogP contribution is 2.30. The summed E-state index contributed by atoms with van der Waals surface area (Å²) >= 11 is 0. The molecule has 0 fully saturated rings. The zero-order valence-corrected chi connectivity index (χ0v) is 12.4. The van der Waals surface area contributed by atoms with E-state index in [0.717, 1.165) is 24.4 Å². The fraction of sp³-hybridized carbons (Fsp3) is 0.333. The Morgan fingerprint density at radius 1 is 1.05 bits per heavy atom. The number of hydrogen-bond donors (Lipinski definition) is 1.